The quantitative estimate of drug-likeness (QED) is 0.895. The van der Waals surface area contributed by atoms with Gasteiger partial charge in [-0.3, -0.25) is 4.72 Å². The molecule has 6 nitrogen and oxygen atoms in total. The minimum atomic E-state index is -3.57. The summed E-state index contributed by atoms with van der Waals surface area (Å²) in [7, 11) is -3.57. The number of anilines is 1. The Labute approximate surface area is 127 Å². The molecular formula is C13H17N3O3S2. The van der Waals surface area contributed by atoms with Gasteiger partial charge in [0.25, 0.3) is 0 Å². The Bertz CT molecular complexity index is 729. The Morgan fingerprint density at radius 2 is 2.33 bits per heavy atom. The van der Waals surface area contributed by atoms with Gasteiger partial charge in [-0.05, 0) is 37.0 Å². The Morgan fingerprint density at radius 1 is 1.48 bits per heavy atom. The number of nitrogens with zero attached hydrogens (tertiary/aromatic N) is 2. The van der Waals surface area contributed by atoms with Gasteiger partial charge < -0.3 is 5.11 Å². The first kappa shape index (κ1) is 14.7. The number of fused-ring (bicyclic) bond motifs is 1. The average Bonchev–Trinajstić information content (AvgIpc) is 2.94. The van der Waals surface area contributed by atoms with E-state index in [0.717, 1.165) is 23.1 Å². The molecule has 1 aliphatic rings. The van der Waals surface area contributed by atoms with Gasteiger partial charge in [0.1, 0.15) is 0 Å². The van der Waals surface area contributed by atoms with Crippen LogP contribution in [-0.4, -0.2) is 42.5 Å². The maximum Gasteiger partial charge on any atom is 0.301 e. The van der Waals surface area contributed by atoms with Gasteiger partial charge in [-0.15, -0.1) is 11.3 Å². The van der Waals surface area contributed by atoms with Gasteiger partial charge in [0.15, 0.2) is 0 Å². The van der Waals surface area contributed by atoms with Crippen molar-refractivity contribution in [1.82, 2.24) is 9.29 Å². The van der Waals surface area contributed by atoms with E-state index in [2.05, 4.69) is 9.71 Å². The number of aromatic nitrogens is 1. The summed E-state index contributed by atoms with van der Waals surface area (Å²) in [5, 5.41) is 9.21. The molecule has 8 heteroatoms. The molecule has 1 fully saturated rings. The van der Waals surface area contributed by atoms with Gasteiger partial charge in [0, 0.05) is 19.7 Å². The fraction of sp³-hybridized carbons (Fsp3) is 0.462. The lowest BCUT2D eigenvalue weighted by Crippen LogP contribution is -2.43. The molecule has 0 spiro atoms. The van der Waals surface area contributed by atoms with Crippen LogP contribution in [0.5, 0.6) is 0 Å². The van der Waals surface area contributed by atoms with E-state index in [-0.39, 0.29) is 12.5 Å². The lowest BCUT2D eigenvalue weighted by molar-refractivity contribution is 0.166. The van der Waals surface area contributed by atoms with Crippen LogP contribution in [0, 0.1) is 5.92 Å². The molecule has 1 saturated heterocycles. The van der Waals surface area contributed by atoms with Crippen molar-refractivity contribution in [3.8, 4) is 0 Å². The van der Waals surface area contributed by atoms with Crippen molar-refractivity contribution in [1.29, 1.82) is 0 Å². The van der Waals surface area contributed by atoms with Crippen molar-refractivity contribution in [2.75, 3.05) is 24.4 Å². The molecule has 21 heavy (non-hydrogen) atoms. The van der Waals surface area contributed by atoms with Crippen LogP contribution in [0.25, 0.3) is 10.2 Å². The number of nitrogens with one attached hydrogen (secondary N) is 1. The summed E-state index contributed by atoms with van der Waals surface area (Å²) in [5.41, 5.74) is 3.14. The molecule has 2 heterocycles. The smallest absolute Gasteiger partial charge is 0.301 e. The summed E-state index contributed by atoms with van der Waals surface area (Å²) < 4.78 is 29.8. The normalized spacial score (nSPS) is 20.7. The number of benzene rings is 1. The zero-order valence-corrected chi connectivity index (χ0v) is 13.0. The third kappa shape index (κ3) is 3.18. The van der Waals surface area contributed by atoms with Crippen molar-refractivity contribution in [2.24, 2.45) is 5.92 Å². The summed E-state index contributed by atoms with van der Waals surface area (Å²) in [4.78, 5) is 4.17. The van der Waals surface area contributed by atoms with Crippen molar-refractivity contribution >= 4 is 37.5 Å². The van der Waals surface area contributed by atoms with Crippen LogP contribution in [0.1, 0.15) is 12.8 Å². The number of hydrogen-bond donors (Lipinski definition) is 2. The van der Waals surface area contributed by atoms with Crippen molar-refractivity contribution in [2.45, 2.75) is 12.8 Å². The fourth-order valence-electron chi connectivity index (χ4n) is 2.53. The second-order valence-electron chi connectivity index (χ2n) is 5.19. The molecule has 114 valence electrons. The van der Waals surface area contributed by atoms with Crippen molar-refractivity contribution in [3.63, 3.8) is 0 Å². The maximum absolute atomic E-state index is 12.4. The third-order valence-electron chi connectivity index (χ3n) is 3.66. The van der Waals surface area contributed by atoms with Gasteiger partial charge >= 0.3 is 10.2 Å². The van der Waals surface area contributed by atoms with E-state index in [4.69, 9.17) is 0 Å². The number of aliphatic hydroxyl groups excluding tert-OH is 1. The molecule has 1 aromatic heterocycles. The average molecular weight is 327 g/mol. The number of hydrogen-bond acceptors (Lipinski definition) is 5. The van der Waals surface area contributed by atoms with E-state index >= 15 is 0 Å². The SMILES string of the molecule is O=S(=O)(Nc1ccc2ncsc2c1)N1CCCC(CO)C1. The highest BCUT2D eigenvalue weighted by molar-refractivity contribution is 7.90. The van der Waals surface area contributed by atoms with Crippen molar-refractivity contribution < 1.29 is 13.5 Å². The zero-order valence-electron chi connectivity index (χ0n) is 11.4. The molecular weight excluding hydrogens is 310 g/mol. The van der Waals surface area contributed by atoms with Gasteiger partial charge in [0.2, 0.25) is 0 Å². The van der Waals surface area contributed by atoms with E-state index in [1.54, 1.807) is 23.7 Å². The molecule has 2 N–H and O–H groups in total. The molecule has 1 aromatic carbocycles. The summed E-state index contributed by atoms with van der Waals surface area (Å²) >= 11 is 1.47. The molecule has 1 unspecified atom stereocenters. The highest BCUT2D eigenvalue weighted by Crippen LogP contribution is 2.24. The highest BCUT2D eigenvalue weighted by Gasteiger charge is 2.28. The van der Waals surface area contributed by atoms with Crippen molar-refractivity contribution in [3.05, 3.63) is 23.7 Å². The van der Waals surface area contributed by atoms with Crippen LogP contribution in [0.2, 0.25) is 0 Å². The first-order chi connectivity index (χ1) is 10.1. The summed E-state index contributed by atoms with van der Waals surface area (Å²) in [5.74, 6) is 0.0271. The van der Waals surface area contributed by atoms with Crippen LogP contribution in [0.15, 0.2) is 23.7 Å². The zero-order chi connectivity index (χ0) is 14.9. The Hall–Kier alpha value is -1.22. The van der Waals surface area contributed by atoms with Crippen LogP contribution < -0.4 is 4.72 Å². The second kappa shape index (κ2) is 5.88. The van der Waals surface area contributed by atoms with E-state index in [1.165, 1.54) is 15.6 Å². The monoisotopic (exact) mass is 327 g/mol. The topological polar surface area (TPSA) is 82.5 Å². The largest absolute Gasteiger partial charge is 0.396 e. The predicted molar refractivity (Wildman–Crippen MR) is 83.5 cm³/mol. The third-order valence-corrected chi connectivity index (χ3v) is 5.95. The van der Waals surface area contributed by atoms with E-state index in [1.807, 2.05) is 0 Å². The Balaban J connectivity index is 1.78. The molecule has 0 aliphatic carbocycles. The Morgan fingerprint density at radius 3 is 3.14 bits per heavy atom. The lowest BCUT2D eigenvalue weighted by Gasteiger charge is -2.31. The molecule has 2 aromatic rings. The molecule has 1 aliphatic heterocycles. The van der Waals surface area contributed by atoms with Gasteiger partial charge in [-0.2, -0.15) is 12.7 Å². The first-order valence-corrected chi connectivity index (χ1v) is 9.12. The van der Waals surface area contributed by atoms with Crippen LogP contribution >= 0.6 is 11.3 Å². The first-order valence-electron chi connectivity index (χ1n) is 6.80. The number of piperidine rings is 1. The highest BCUT2D eigenvalue weighted by atomic mass is 32.2. The van der Waals surface area contributed by atoms with Gasteiger partial charge in [-0.1, -0.05) is 0 Å². The minimum Gasteiger partial charge on any atom is -0.396 e. The molecule has 0 amide bonds. The summed E-state index contributed by atoms with van der Waals surface area (Å²) in [6, 6.07) is 5.31. The molecule has 0 bridgehead atoms. The van der Waals surface area contributed by atoms with Gasteiger partial charge in [0.05, 0.1) is 21.4 Å². The summed E-state index contributed by atoms with van der Waals surface area (Å²) in [6.45, 7) is 0.891. The minimum absolute atomic E-state index is 0.0266. The molecule has 0 radical (unpaired) electrons. The number of rotatable bonds is 4. The van der Waals surface area contributed by atoms with Gasteiger partial charge in [-0.25, -0.2) is 4.98 Å². The lowest BCUT2D eigenvalue weighted by atomic mass is 10.0. The molecule has 3 rings (SSSR count). The van der Waals surface area contributed by atoms with E-state index < -0.39 is 10.2 Å². The predicted octanol–water partition coefficient (Wildman–Crippen LogP) is 1.66. The Kier molecular flexibility index (Phi) is 4.12. The summed E-state index contributed by atoms with van der Waals surface area (Å²) in [6.07, 6.45) is 1.65. The second-order valence-corrected chi connectivity index (χ2v) is 7.75. The number of thiazole rings is 1. The van der Waals surface area contributed by atoms with Crippen LogP contribution in [-0.2, 0) is 10.2 Å². The van der Waals surface area contributed by atoms with E-state index in [9.17, 15) is 13.5 Å². The fourth-order valence-corrected chi connectivity index (χ4v) is 4.57. The van der Waals surface area contributed by atoms with Crippen LogP contribution in [0.4, 0.5) is 5.69 Å². The molecule has 1 atom stereocenters. The standard InChI is InChI=1S/C13H17N3O3S2/c17-8-10-2-1-5-16(7-10)21(18,19)15-11-3-4-12-13(6-11)20-9-14-12/h3-4,6,9-10,15,17H,1-2,5,7-8H2. The maximum atomic E-state index is 12.4. The molecule has 0 saturated carbocycles. The number of aliphatic hydroxyl groups is 1. The van der Waals surface area contributed by atoms with Crippen LogP contribution in [0.3, 0.4) is 0 Å². The van der Waals surface area contributed by atoms with E-state index in [0.29, 0.717) is 18.8 Å².